The van der Waals surface area contributed by atoms with Gasteiger partial charge in [-0.3, -0.25) is 79.4 Å². The highest BCUT2D eigenvalue weighted by molar-refractivity contribution is 6.06. The quantitative estimate of drug-likeness (QED) is 0.0300. The third-order valence-corrected chi connectivity index (χ3v) is 25.0. The van der Waals surface area contributed by atoms with Gasteiger partial charge in [-0.1, -0.05) is 90.1 Å². The number of allylic oxidation sites excluding steroid dienone is 1. The number of anilines is 3. The Balaban J connectivity index is 0.000000113. The third kappa shape index (κ3) is 19.4. The molecule has 143 heavy (non-hydrogen) atoms. The number of Topliss-reactive ketones (excluding diaryl/α,β-unsaturated/α-hetero) is 1. The number of aryl methyl sites for hydroxylation is 1. The summed E-state index contributed by atoms with van der Waals surface area (Å²) >= 11 is 0. The van der Waals surface area contributed by atoms with Gasteiger partial charge in [0.2, 0.25) is 17.7 Å². The van der Waals surface area contributed by atoms with Crippen LogP contribution in [0.3, 0.4) is 0 Å². The van der Waals surface area contributed by atoms with E-state index in [0.717, 1.165) is 202 Å². The van der Waals surface area contributed by atoms with Crippen LogP contribution < -0.4 is 16.0 Å². The molecule has 31 heteroatoms. The Labute approximate surface area is 817 Å². The number of fused-ring (bicyclic) bond motifs is 8. The summed E-state index contributed by atoms with van der Waals surface area (Å²) in [6.07, 6.45) is 39.6. The molecule has 20 heterocycles. The number of hydrogen-bond donors (Lipinski definition) is 11. The minimum Gasteiger partial charge on any atom is -0.357 e. The summed E-state index contributed by atoms with van der Waals surface area (Å²) in [5.74, 6) is 0.227. The number of amides is 3. The fourth-order valence-electron chi connectivity index (χ4n) is 17.8. The maximum atomic E-state index is 12.2. The average Bonchev–Trinajstić information content (AvgIpc) is 1.62. The van der Waals surface area contributed by atoms with E-state index in [1.807, 2.05) is 163 Å². The molecule has 0 unspecified atom stereocenters. The van der Waals surface area contributed by atoms with E-state index in [0.29, 0.717) is 65.3 Å². The molecule has 3 aromatic carbocycles. The molecule has 1 aliphatic carbocycles. The van der Waals surface area contributed by atoms with Crippen LogP contribution in [-0.2, 0) is 32.0 Å². The minimum atomic E-state index is -0.115. The zero-order valence-electron chi connectivity index (χ0n) is 78.6. The molecule has 0 saturated carbocycles. The van der Waals surface area contributed by atoms with Crippen molar-refractivity contribution in [2.24, 2.45) is 11.8 Å². The molecule has 1 aliphatic rings. The molecule has 700 valence electrons. The van der Waals surface area contributed by atoms with Gasteiger partial charge in [0.05, 0.1) is 81.2 Å². The van der Waals surface area contributed by atoms with Crippen molar-refractivity contribution < 1.29 is 19.2 Å². The van der Waals surface area contributed by atoms with E-state index in [1.165, 1.54) is 16.8 Å². The summed E-state index contributed by atoms with van der Waals surface area (Å²) in [5, 5.41) is 46.0. The molecule has 0 fully saturated rings. The second kappa shape index (κ2) is 40.0. The molecule has 24 rings (SSSR count). The van der Waals surface area contributed by atoms with Crippen LogP contribution in [0.2, 0.25) is 0 Å². The van der Waals surface area contributed by atoms with E-state index in [4.69, 9.17) is 0 Å². The van der Waals surface area contributed by atoms with Crippen molar-refractivity contribution >= 4 is 123 Å². The number of H-pyrrole nitrogens is 8. The Morgan fingerprint density at radius 3 is 1.08 bits per heavy atom. The number of aromatic amines is 8. The lowest BCUT2D eigenvalue weighted by Crippen LogP contribution is -2.17. The first-order valence-electron chi connectivity index (χ1n) is 47.0. The number of nitrogens with one attached hydrogen (secondary N) is 11. The Morgan fingerprint density at radius 1 is 0.329 bits per heavy atom. The number of carbonyl (C=O) groups excluding carboxylic acids is 4. The molecule has 0 radical (unpaired) electrons. The lowest BCUT2D eigenvalue weighted by atomic mass is 9.92. The second-order valence-electron chi connectivity index (χ2n) is 35.5. The van der Waals surface area contributed by atoms with Crippen LogP contribution >= 0.6 is 0 Å². The van der Waals surface area contributed by atoms with Crippen LogP contribution in [0.4, 0.5) is 17.1 Å². The largest absolute Gasteiger partial charge is 0.357 e. The van der Waals surface area contributed by atoms with Gasteiger partial charge < -0.3 is 35.9 Å². The van der Waals surface area contributed by atoms with Crippen LogP contribution in [-0.4, -0.2) is 144 Å². The SMILES string of the molecule is CC(C)C(=O)Nc1cncc(-c2cnc3n[nH]c(-c4cc5c(-c6ccncc6)cccc5[nH]4)c3c2)c1.CC(C)CC(=O)Nc1cncc(-c2cnc3n[nH]c(-c4cc5c(-c6ccncc6)cccc5[nH]4)c3c2)c1.CCC(=O)Cc1ccc(-c2cnc3n[nH]c(-c4cc5c(-c6ccncc6)cccc5[nH]4)c3c2)cn1.CCC(=O)Nc1cncc(-c2cnc3n[nH]c(-c4cc5c([nH]4)CCC=C5c4ccncc4)c3c2)c1. The van der Waals surface area contributed by atoms with Crippen molar-refractivity contribution in [3.05, 3.63) is 328 Å². The zero-order chi connectivity index (χ0) is 97.6. The van der Waals surface area contributed by atoms with Gasteiger partial charge in [-0.2, -0.15) is 20.4 Å². The van der Waals surface area contributed by atoms with Gasteiger partial charge in [0, 0.05) is 246 Å². The lowest BCUT2D eigenvalue weighted by molar-refractivity contribution is -0.119. The van der Waals surface area contributed by atoms with E-state index in [2.05, 4.69) is 215 Å². The molecule has 11 N–H and O–H groups in total. The standard InChI is InChI=1S/C29H25N7O.C28H23N7O.C28H22N6O.C27H23N7O/c1-17(2)10-27(37)33-21-11-19(14-31-16-21)20-12-24-28(35-36-29(24)32-15-20)26-13-23-22(4-3-5-25(23)34-26)18-6-8-30-9-7-18;1-16(2)28(36)32-20-10-18(13-30-15-20)19-11-23-26(34-35-27(23)31-14-19)25-12-22-21(4-3-5-24(22)33-25)17-6-8-29-9-7-17;1-2-21(35)13-20-7-6-18(15-30-20)19-12-24-27(33-34-28(24)31-16-19)26-14-23-22(4-3-5-25(23)32-26)17-8-10-29-11-9-17;1-2-25(35)31-19-10-17(13-29-15-19)18-11-22-26(33-34-27(22)30-14-18)24-12-21-20(4-3-5-23(21)32-24)16-6-8-28-9-7-16/h3-9,11-17,34H,10H2,1-2H3,(H,33,37)(H,32,35,36);3-16,33H,1-2H3,(H,32,36)(H,31,34,35);3-12,14-16,32H,2,13H2,1H3,(H,31,33,34);4,6-15,32H,2-3,5H2,1H3,(H,31,35)(H,30,33,34). The monoisotopic (exact) mass is 1880 g/mol. The van der Waals surface area contributed by atoms with Gasteiger partial charge in [-0.15, -0.1) is 0 Å². The predicted octanol–water partition coefficient (Wildman–Crippen LogP) is 22.9. The highest BCUT2D eigenvalue weighted by Crippen LogP contribution is 2.42. The van der Waals surface area contributed by atoms with Crippen LogP contribution in [0.1, 0.15) is 89.7 Å². The number of aromatic nitrogens is 24. The Bertz CT molecular complexity index is 8710. The average molecular weight is 1880 g/mol. The normalized spacial score (nSPS) is 11.8. The smallest absolute Gasteiger partial charge is 0.226 e. The summed E-state index contributed by atoms with van der Waals surface area (Å²) in [6, 6.07) is 61.3. The minimum absolute atomic E-state index is 0.0235. The third-order valence-electron chi connectivity index (χ3n) is 25.0. The Hall–Kier alpha value is -18.9. The van der Waals surface area contributed by atoms with Gasteiger partial charge >= 0.3 is 0 Å². The molecule has 31 nitrogen and oxygen atoms in total. The fourth-order valence-corrected chi connectivity index (χ4v) is 17.8. The highest BCUT2D eigenvalue weighted by atomic mass is 16.2. The molecule has 20 aromatic heterocycles. The maximum Gasteiger partial charge on any atom is 0.226 e. The molecular formula is C112H93N27O4. The number of pyridine rings is 12. The van der Waals surface area contributed by atoms with Gasteiger partial charge in [0.15, 0.2) is 22.6 Å². The van der Waals surface area contributed by atoms with E-state index >= 15 is 0 Å². The summed E-state index contributed by atoms with van der Waals surface area (Å²) in [4.78, 5) is 114. The number of nitrogens with zero attached hydrogens (tertiary/aromatic N) is 16. The van der Waals surface area contributed by atoms with Crippen molar-refractivity contribution in [3.8, 4) is 123 Å². The van der Waals surface area contributed by atoms with Gasteiger partial charge in [0.1, 0.15) is 5.78 Å². The number of benzene rings is 3. The summed E-state index contributed by atoms with van der Waals surface area (Å²) in [5.41, 5.74) is 34.3. The Kier molecular flexibility index (Phi) is 25.3. The van der Waals surface area contributed by atoms with E-state index in [-0.39, 0.29) is 35.3 Å². The Morgan fingerprint density at radius 2 is 0.699 bits per heavy atom. The molecular weight excluding hydrogens is 1790 g/mol. The van der Waals surface area contributed by atoms with Crippen LogP contribution in [0.15, 0.2) is 306 Å². The van der Waals surface area contributed by atoms with E-state index in [1.54, 1.807) is 105 Å². The predicted molar refractivity (Wildman–Crippen MR) is 559 cm³/mol. The second-order valence-corrected chi connectivity index (χ2v) is 35.5. The molecule has 0 atom stereocenters. The first kappa shape index (κ1) is 90.5. The first-order chi connectivity index (χ1) is 70.0. The number of hydrogen-bond acceptors (Lipinski definition) is 20. The molecule has 3 amide bonds. The maximum absolute atomic E-state index is 12.2. The summed E-state index contributed by atoms with van der Waals surface area (Å²) in [7, 11) is 0. The highest BCUT2D eigenvalue weighted by Gasteiger charge is 2.25. The van der Waals surface area contributed by atoms with E-state index in [9.17, 15) is 19.2 Å². The molecule has 0 bridgehead atoms. The number of carbonyl (C=O) groups is 4. The zero-order valence-corrected chi connectivity index (χ0v) is 78.6. The molecule has 0 aliphatic heterocycles. The lowest BCUT2D eigenvalue weighted by Gasteiger charge is -2.13. The van der Waals surface area contributed by atoms with Crippen molar-refractivity contribution in [1.82, 2.24) is 121 Å². The molecule has 0 saturated heterocycles. The number of ketones is 1. The van der Waals surface area contributed by atoms with Crippen LogP contribution in [0.25, 0.3) is 206 Å². The summed E-state index contributed by atoms with van der Waals surface area (Å²) in [6.45, 7) is 11.4. The van der Waals surface area contributed by atoms with Crippen molar-refractivity contribution in [1.29, 1.82) is 0 Å². The fraction of sp³-hybridized carbons (Fsp3) is 0.125. The van der Waals surface area contributed by atoms with E-state index < -0.39 is 0 Å². The van der Waals surface area contributed by atoms with Gasteiger partial charge in [-0.25, -0.2) is 19.9 Å². The van der Waals surface area contributed by atoms with Crippen LogP contribution in [0.5, 0.6) is 0 Å². The molecule has 0 spiro atoms. The van der Waals surface area contributed by atoms with Gasteiger partial charge in [-0.05, 0) is 203 Å². The number of rotatable bonds is 22. The van der Waals surface area contributed by atoms with Crippen molar-refractivity contribution in [2.45, 2.75) is 80.1 Å². The van der Waals surface area contributed by atoms with Crippen molar-refractivity contribution in [2.75, 3.05) is 16.0 Å². The summed E-state index contributed by atoms with van der Waals surface area (Å²) < 4.78 is 0. The first-order valence-corrected chi connectivity index (χ1v) is 47.0. The topological polar surface area (TPSA) is 437 Å². The molecule has 23 aromatic rings. The van der Waals surface area contributed by atoms with Crippen molar-refractivity contribution in [3.63, 3.8) is 0 Å². The van der Waals surface area contributed by atoms with Gasteiger partial charge in [0.25, 0.3) is 0 Å². The van der Waals surface area contributed by atoms with Crippen LogP contribution in [0, 0.1) is 11.8 Å².